The number of aryl methyl sites for hydroxylation is 1. The number of carbonyl (C=O) groups is 1. The average Bonchev–Trinajstić information content (AvgIpc) is 3.15. The normalized spacial score (nSPS) is 22.9. The van der Waals surface area contributed by atoms with Crippen LogP contribution in [0.2, 0.25) is 5.02 Å². The van der Waals surface area contributed by atoms with Crippen LogP contribution >= 0.6 is 11.6 Å². The lowest BCUT2D eigenvalue weighted by Gasteiger charge is -2.44. The molecule has 1 aromatic heterocycles. The second-order valence-corrected chi connectivity index (χ2v) is 7.90. The van der Waals surface area contributed by atoms with Gasteiger partial charge >= 0.3 is 0 Å². The zero-order valence-corrected chi connectivity index (χ0v) is 15.8. The Hall–Kier alpha value is -1.81. The van der Waals surface area contributed by atoms with Crippen LogP contribution in [0.25, 0.3) is 11.3 Å². The van der Waals surface area contributed by atoms with Crippen LogP contribution in [-0.2, 0) is 11.2 Å². The van der Waals surface area contributed by atoms with Crippen molar-refractivity contribution in [1.29, 1.82) is 0 Å². The first-order valence-corrected chi connectivity index (χ1v) is 10.1. The van der Waals surface area contributed by atoms with Crippen LogP contribution in [0.5, 0.6) is 0 Å². The molecule has 138 valence electrons. The van der Waals surface area contributed by atoms with Crippen molar-refractivity contribution in [3.8, 4) is 11.3 Å². The number of nitrogens with zero attached hydrogens (tertiary/aromatic N) is 2. The van der Waals surface area contributed by atoms with E-state index in [1.54, 1.807) is 6.20 Å². The smallest absolute Gasteiger partial charge is 0.223 e. The van der Waals surface area contributed by atoms with E-state index in [2.05, 4.69) is 9.88 Å². The Kier molecular flexibility index (Phi) is 5.30. The molecular formula is C21H25ClN2O2. The zero-order chi connectivity index (χ0) is 17.9. The Labute approximate surface area is 159 Å². The molecule has 1 amide bonds. The average molecular weight is 373 g/mol. The number of amides is 1. The van der Waals surface area contributed by atoms with E-state index in [9.17, 15) is 4.79 Å². The van der Waals surface area contributed by atoms with Crippen LogP contribution in [0.15, 0.2) is 34.9 Å². The fourth-order valence-electron chi connectivity index (χ4n) is 4.47. The molecule has 1 aliphatic heterocycles. The summed E-state index contributed by atoms with van der Waals surface area (Å²) in [6.07, 6.45) is 10.2. The molecule has 5 heteroatoms. The van der Waals surface area contributed by atoms with Gasteiger partial charge in [-0.05, 0) is 55.9 Å². The van der Waals surface area contributed by atoms with Gasteiger partial charge in [-0.3, -0.25) is 4.79 Å². The van der Waals surface area contributed by atoms with Crippen LogP contribution < -0.4 is 0 Å². The number of aromatic nitrogens is 1. The number of likely N-dealkylation sites (tertiary alicyclic amines) is 1. The first kappa shape index (κ1) is 17.6. The van der Waals surface area contributed by atoms with Gasteiger partial charge in [0.2, 0.25) is 5.91 Å². The summed E-state index contributed by atoms with van der Waals surface area (Å²) >= 11 is 5.92. The lowest BCUT2D eigenvalue weighted by Crippen LogP contribution is -2.49. The molecule has 4 nitrogen and oxygen atoms in total. The predicted octanol–water partition coefficient (Wildman–Crippen LogP) is 5.11. The lowest BCUT2D eigenvalue weighted by atomic mass is 9.78. The summed E-state index contributed by atoms with van der Waals surface area (Å²) in [5.74, 6) is 2.32. The molecular weight excluding hydrogens is 348 g/mol. The van der Waals surface area contributed by atoms with Crippen molar-refractivity contribution < 1.29 is 9.21 Å². The number of rotatable bonds is 4. The van der Waals surface area contributed by atoms with E-state index < -0.39 is 0 Å². The Morgan fingerprint density at radius 2 is 1.92 bits per heavy atom. The Balaban J connectivity index is 1.36. The quantitative estimate of drug-likeness (QED) is 0.749. The maximum atomic E-state index is 12.8. The van der Waals surface area contributed by atoms with Crippen LogP contribution in [0.4, 0.5) is 0 Å². The van der Waals surface area contributed by atoms with Crippen LogP contribution in [0.3, 0.4) is 0 Å². The third-order valence-corrected chi connectivity index (χ3v) is 6.05. The summed E-state index contributed by atoms with van der Waals surface area (Å²) in [5, 5.41) is 0.696. The van der Waals surface area contributed by atoms with Gasteiger partial charge in [-0.1, -0.05) is 24.4 Å². The van der Waals surface area contributed by atoms with Gasteiger partial charge in [-0.15, -0.1) is 0 Å². The summed E-state index contributed by atoms with van der Waals surface area (Å²) in [7, 11) is 0. The summed E-state index contributed by atoms with van der Waals surface area (Å²) in [5.41, 5.74) is 0.945. The van der Waals surface area contributed by atoms with Crippen LogP contribution in [0, 0.1) is 5.92 Å². The summed E-state index contributed by atoms with van der Waals surface area (Å²) in [6.45, 7) is 0.918. The third kappa shape index (κ3) is 3.80. The molecule has 1 aliphatic carbocycles. The fourth-order valence-corrected chi connectivity index (χ4v) is 4.59. The van der Waals surface area contributed by atoms with Crippen molar-refractivity contribution in [2.24, 2.45) is 5.92 Å². The molecule has 2 fully saturated rings. The van der Waals surface area contributed by atoms with Crippen molar-refractivity contribution in [3.63, 3.8) is 0 Å². The number of piperidine rings is 1. The summed E-state index contributed by atoms with van der Waals surface area (Å²) in [6, 6.07) is 7.96. The highest BCUT2D eigenvalue weighted by molar-refractivity contribution is 6.30. The molecule has 0 N–H and O–H groups in total. The van der Waals surface area contributed by atoms with Gasteiger partial charge < -0.3 is 9.32 Å². The van der Waals surface area contributed by atoms with E-state index >= 15 is 0 Å². The number of benzene rings is 1. The molecule has 2 atom stereocenters. The molecule has 1 saturated heterocycles. The highest BCUT2D eigenvalue weighted by atomic mass is 35.5. The molecule has 2 heterocycles. The molecule has 0 unspecified atom stereocenters. The molecule has 2 aliphatic rings. The first-order valence-electron chi connectivity index (χ1n) is 9.71. The Bertz CT molecular complexity index is 754. The third-order valence-electron chi connectivity index (χ3n) is 5.80. The van der Waals surface area contributed by atoms with Crippen LogP contribution in [-0.4, -0.2) is 28.4 Å². The van der Waals surface area contributed by atoms with E-state index in [-0.39, 0.29) is 5.91 Å². The second kappa shape index (κ2) is 7.83. The van der Waals surface area contributed by atoms with E-state index in [0.29, 0.717) is 29.8 Å². The van der Waals surface area contributed by atoms with Crippen molar-refractivity contribution in [3.05, 3.63) is 41.4 Å². The molecule has 26 heavy (non-hydrogen) atoms. The van der Waals surface area contributed by atoms with E-state index in [1.165, 1.54) is 32.1 Å². The topological polar surface area (TPSA) is 46.3 Å². The fraction of sp³-hybridized carbons (Fsp3) is 0.524. The second-order valence-electron chi connectivity index (χ2n) is 7.47. The van der Waals surface area contributed by atoms with Crippen LogP contribution in [0.1, 0.15) is 50.8 Å². The molecule has 0 spiro atoms. The van der Waals surface area contributed by atoms with Gasteiger partial charge in [-0.2, -0.15) is 0 Å². The monoisotopic (exact) mass is 372 g/mol. The van der Waals surface area contributed by atoms with Crippen molar-refractivity contribution >= 4 is 17.5 Å². The van der Waals surface area contributed by atoms with Gasteiger partial charge in [0, 0.05) is 36.0 Å². The van der Waals surface area contributed by atoms with Crippen molar-refractivity contribution in [1.82, 2.24) is 9.88 Å². The van der Waals surface area contributed by atoms with Gasteiger partial charge in [0.05, 0.1) is 6.20 Å². The minimum absolute atomic E-state index is 0.257. The number of halogens is 1. The van der Waals surface area contributed by atoms with E-state index in [1.807, 2.05) is 24.3 Å². The minimum Gasteiger partial charge on any atom is -0.441 e. The maximum absolute atomic E-state index is 12.8. The Morgan fingerprint density at radius 1 is 1.15 bits per heavy atom. The van der Waals surface area contributed by atoms with Gasteiger partial charge in [0.25, 0.3) is 0 Å². The van der Waals surface area contributed by atoms with Gasteiger partial charge in [-0.25, -0.2) is 4.98 Å². The lowest BCUT2D eigenvalue weighted by molar-refractivity contribution is -0.137. The number of hydrogen-bond acceptors (Lipinski definition) is 3. The van der Waals surface area contributed by atoms with Gasteiger partial charge in [0.1, 0.15) is 0 Å². The molecule has 2 aromatic rings. The number of oxazole rings is 1. The molecule has 4 rings (SSSR count). The SMILES string of the molecule is O=C(CCc1ncc(-c2ccc(Cl)cc2)o1)N1CCC[C@H]2CCCC[C@H]21. The van der Waals surface area contributed by atoms with E-state index in [4.69, 9.17) is 16.0 Å². The number of hydrogen-bond donors (Lipinski definition) is 0. The highest BCUT2D eigenvalue weighted by Gasteiger charge is 2.35. The van der Waals surface area contributed by atoms with Gasteiger partial charge in [0.15, 0.2) is 11.7 Å². The van der Waals surface area contributed by atoms with Crippen molar-refractivity contribution in [2.75, 3.05) is 6.54 Å². The maximum Gasteiger partial charge on any atom is 0.223 e. The largest absolute Gasteiger partial charge is 0.441 e. The van der Waals surface area contributed by atoms with E-state index in [0.717, 1.165) is 30.2 Å². The summed E-state index contributed by atoms with van der Waals surface area (Å²) < 4.78 is 5.83. The molecule has 0 radical (unpaired) electrons. The standard InChI is InChI=1S/C21H25ClN2O2/c22-17-9-7-16(8-10-17)19-14-23-20(26-19)11-12-21(25)24-13-3-5-15-4-1-2-6-18(15)24/h7-10,14-15,18H,1-6,11-13H2/t15-,18-/m1/s1. The number of fused-ring (bicyclic) bond motifs is 1. The zero-order valence-electron chi connectivity index (χ0n) is 15.0. The number of carbonyl (C=O) groups excluding carboxylic acids is 1. The molecule has 1 saturated carbocycles. The minimum atomic E-state index is 0.257. The van der Waals surface area contributed by atoms with Crippen molar-refractivity contribution in [2.45, 2.75) is 57.4 Å². The molecule has 0 bridgehead atoms. The summed E-state index contributed by atoms with van der Waals surface area (Å²) in [4.78, 5) is 19.3. The Morgan fingerprint density at radius 3 is 2.77 bits per heavy atom. The highest BCUT2D eigenvalue weighted by Crippen LogP contribution is 2.35. The molecule has 1 aromatic carbocycles. The first-order chi connectivity index (χ1) is 12.7. The predicted molar refractivity (Wildman–Crippen MR) is 102 cm³/mol.